The van der Waals surface area contributed by atoms with E-state index in [-0.39, 0.29) is 5.56 Å². The molecule has 0 spiro atoms. The lowest BCUT2D eigenvalue weighted by Gasteiger charge is -2.20. The number of hydrogen-bond acceptors (Lipinski definition) is 4. The van der Waals surface area contributed by atoms with E-state index >= 15 is 0 Å². The lowest BCUT2D eigenvalue weighted by Crippen LogP contribution is -2.31. The first-order valence-electron chi connectivity index (χ1n) is 6.05. The minimum absolute atomic E-state index is 0.0881. The van der Waals surface area contributed by atoms with Crippen LogP contribution in [0.15, 0.2) is 24.3 Å². The van der Waals surface area contributed by atoms with Crippen molar-refractivity contribution < 1.29 is 27.4 Å². The minimum atomic E-state index is -4.82. The van der Waals surface area contributed by atoms with Gasteiger partial charge in [0.1, 0.15) is 11.8 Å². The van der Waals surface area contributed by atoms with Crippen LogP contribution in [0, 0.1) is 0 Å². The Morgan fingerprint density at radius 1 is 1.35 bits per heavy atom. The number of hydrogen-bond donors (Lipinski definition) is 1. The molecule has 0 aromatic heterocycles. The summed E-state index contributed by atoms with van der Waals surface area (Å²) >= 11 is 0. The summed E-state index contributed by atoms with van der Waals surface area (Å²) in [5, 5.41) is 2.84. The lowest BCUT2D eigenvalue weighted by atomic mass is 10.1. The van der Waals surface area contributed by atoms with Crippen LogP contribution in [0.1, 0.15) is 24.9 Å². The van der Waals surface area contributed by atoms with Crippen LogP contribution < -0.4 is 10.1 Å². The van der Waals surface area contributed by atoms with Crippen LogP contribution in [0.3, 0.4) is 0 Å². The number of ether oxygens (including phenoxy) is 2. The van der Waals surface area contributed by atoms with E-state index in [1.54, 1.807) is 0 Å². The highest BCUT2D eigenvalue weighted by Crippen LogP contribution is 2.30. The molecule has 1 aromatic rings. The smallest absolute Gasteiger partial charge is 0.468 e. The van der Waals surface area contributed by atoms with Crippen molar-refractivity contribution in [2.24, 2.45) is 0 Å². The molecule has 1 N–H and O–H groups in total. The van der Waals surface area contributed by atoms with Crippen molar-refractivity contribution in [1.29, 1.82) is 0 Å². The van der Waals surface area contributed by atoms with Crippen molar-refractivity contribution in [3.63, 3.8) is 0 Å². The molecule has 20 heavy (non-hydrogen) atoms. The molecule has 0 saturated carbocycles. The molecule has 0 aliphatic rings. The summed E-state index contributed by atoms with van der Waals surface area (Å²) in [6.45, 7) is 2.33. The quantitative estimate of drug-likeness (QED) is 0.819. The van der Waals surface area contributed by atoms with Crippen LogP contribution in [0.5, 0.6) is 5.75 Å². The molecule has 7 heteroatoms. The van der Waals surface area contributed by atoms with E-state index in [1.807, 2.05) is 6.92 Å². The standard InChI is InChI=1S/C13H16F3NO3/c1-3-8-17-11(12(18)19-2)9-6-4-5-7-10(9)20-13(14,15)16/h4-7,11,17H,3,8H2,1-2H3. The van der Waals surface area contributed by atoms with E-state index in [9.17, 15) is 18.0 Å². The van der Waals surface area contributed by atoms with E-state index < -0.39 is 24.1 Å². The summed E-state index contributed by atoms with van der Waals surface area (Å²) in [5.41, 5.74) is 0.0881. The first kappa shape index (κ1) is 16.3. The summed E-state index contributed by atoms with van der Waals surface area (Å²) in [6.07, 6.45) is -4.10. The SMILES string of the molecule is CCCNC(C(=O)OC)c1ccccc1OC(F)(F)F. The van der Waals surface area contributed by atoms with Gasteiger partial charge in [0, 0.05) is 5.56 Å². The molecule has 0 fully saturated rings. The molecule has 1 atom stereocenters. The van der Waals surface area contributed by atoms with Gasteiger partial charge in [0.25, 0.3) is 0 Å². The molecule has 1 aromatic carbocycles. The van der Waals surface area contributed by atoms with Crippen molar-refractivity contribution >= 4 is 5.97 Å². The predicted molar refractivity (Wildman–Crippen MR) is 66.2 cm³/mol. The number of benzene rings is 1. The second kappa shape index (κ2) is 7.14. The van der Waals surface area contributed by atoms with E-state index in [1.165, 1.54) is 25.3 Å². The van der Waals surface area contributed by atoms with Gasteiger partial charge in [0.15, 0.2) is 0 Å². The molecular formula is C13H16F3NO3. The molecule has 0 radical (unpaired) electrons. The molecule has 112 valence electrons. The van der Waals surface area contributed by atoms with Gasteiger partial charge in [-0.25, -0.2) is 4.79 Å². The first-order valence-corrected chi connectivity index (χ1v) is 6.05. The normalized spacial score (nSPS) is 12.8. The van der Waals surface area contributed by atoms with Crippen molar-refractivity contribution in [3.05, 3.63) is 29.8 Å². The Labute approximate surface area is 114 Å². The third-order valence-electron chi connectivity index (χ3n) is 2.49. The molecule has 1 rings (SSSR count). The van der Waals surface area contributed by atoms with Crippen LogP contribution in [0.4, 0.5) is 13.2 Å². The number of para-hydroxylation sites is 1. The van der Waals surface area contributed by atoms with Crippen LogP contribution >= 0.6 is 0 Å². The second-order valence-electron chi connectivity index (χ2n) is 4.00. The van der Waals surface area contributed by atoms with Crippen LogP contribution in [-0.4, -0.2) is 26.0 Å². The summed E-state index contributed by atoms with van der Waals surface area (Å²) in [7, 11) is 1.18. The largest absolute Gasteiger partial charge is 0.573 e. The zero-order valence-electron chi connectivity index (χ0n) is 11.2. The summed E-state index contributed by atoms with van der Waals surface area (Å²) in [4.78, 5) is 11.7. The van der Waals surface area contributed by atoms with Gasteiger partial charge in [-0.1, -0.05) is 25.1 Å². The fourth-order valence-electron chi connectivity index (χ4n) is 1.66. The number of rotatable bonds is 6. The highest BCUT2D eigenvalue weighted by atomic mass is 19.4. The Kier molecular flexibility index (Phi) is 5.82. The number of nitrogens with one attached hydrogen (secondary N) is 1. The first-order chi connectivity index (χ1) is 9.39. The zero-order chi connectivity index (χ0) is 15.2. The lowest BCUT2D eigenvalue weighted by molar-refractivity contribution is -0.275. The highest BCUT2D eigenvalue weighted by molar-refractivity contribution is 5.78. The Balaban J connectivity index is 3.09. The third kappa shape index (κ3) is 4.73. The molecular weight excluding hydrogens is 275 g/mol. The maximum Gasteiger partial charge on any atom is 0.573 e. The van der Waals surface area contributed by atoms with E-state index in [4.69, 9.17) is 0 Å². The fraction of sp³-hybridized carbons (Fsp3) is 0.462. The van der Waals surface area contributed by atoms with Gasteiger partial charge in [0.05, 0.1) is 7.11 Å². The maximum atomic E-state index is 12.4. The van der Waals surface area contributed by atoms with Crippen LogP contribution in [-0.2, 0) is 9.53 Å². The van der Waals surface area contributed by atoms with Crippen molar-refractivity contribution in [2.75, 3.05) is 13.7 Å². The molecule has 0 heterocycles. The Morgan fingerprint density at radius 2 is 2.00 bits per heavy atom. The Hall–Kier alpha value is -1.76. The minimum Gasteiger partial charge on any atom is -0.468 e. The monoisotopic (exact) mass is 291 g/mol. The number of esters is 1. The predicted octanol–water partition coefficient (Wildman–Crippen LogP) is 2.80. The number of halogens is 3. The van der Waals surface area contributed by atoms with Gasteiger partial charge in [0.2, 0.25) is 0 Å². The molecule has 0 saturated heterocycles. The summed E-state index contributed by atoms with van der Waals surface area (Å²) in [6, 6.07) is 4.48. The number of alkyl halides is 3. The molecule has 0 amide bonds. The van der Waals surface area contributed by atoms with Crippen molar-refractivity contribution in [2.45, 2.75) is 25.7 Å². The molecule has 4 nitrogen and oxygen atoms in total. The van der Waals surface area contributed by atoms with E-state index in [2.05, 4.69) is 14.8 Å². The molecule has 1 unspecified atom stereocenters. The van der Waals surface area contributed by atoms with Crippen LogP contribution in [0.2, 0.25) is 0 Å². The molecule has 0 bridgehead atoms. The number of methoxy groups -OCH3 is 1. The van der Waals surface area contributed by atoms with Gasteiger partial charge in [-0.05, 0) is 19.0 Å². The topological polar surface area (TPSA) is 47.6 Å². The van der Waals surface area contributed by atoms with E-state index in [0.29, 0.717) is 6.54 Å². The van der Waals surface area contributed by atoms with Gasteiger partial charge >= 0.3 is 12.3 Å². The van der Waals surface area contributed by atoms with Crippen molar-refractivity contribution in [3.8, 4) is 5.75 Å². The van der Waals surface area contributed by atoms with E-state index in [0.717, 1.165) is 12.5 Å². The summed E-state index contributed by atoms with van der Waals surface area (Å²) in [5.74, 6) is -1.09. The Morgan fingerprint density at radius 3 is 2.55 bits per heavy atom. The number of carbonyl (C=O) groups is 1. The average molecular weight is 291 g/mol. The average Bonchev–Trinajstić information content (AvgIpc) is 2.38. The van der Waals surface area contributed by atoms with Crippen molar-refractivity contribution in [1.82, 2.24) is 5.32 Å². The Bertz CT molecular complexity index is 449. The van der Waals surface area contributed by atoms with Gasteiger partial charge in [-0.2, -0.15) is 0 Å². The van der Waals surface area contributed by atoms with Gasteiger partial charge in [-0.3, -0.25) is 0 Å². The highest BCUT2D eigenvalue weighted by Gasteiger charge is 2.34. The third-order valence-corrected chi connectivity index (χ3v) is 2.49. The maximum absolute atomic E-state index is 12.4. The summed E-state index contributed by atoms with van der Waals surface area (Å²) < 4.78 is 45.6. The molecule has 0 aliphatic heterocycles. The molecule has 0 aliphatic carbocycles. The van der Waals surface area contributed by atoms with Crippen LogP contribution in [0.25, 0.3) is 0 Å². The van der Waals surface area contributed by atoms with Gasteiger partial charge in [-0.15, -0.1) is 13.2 Å². The fourth-order valence-corrected chi connectivity index (χ4v) is 1.66. The second-order valence-corrected chi connectivity index (χ2v) is 4.00. The van der Waals surface area contributed by atoms with Gasteiger partial charge < -0.3 is 14.8 Å². The number of carbonyl (C=O) groups excluding carboxylic acids is 1. The zero-order valence-corrected chi connectivity index (χ0v) is 11.2.